The first-order valence-electron chi connectivity index (χ1n) is 10.7. The number of likely N-dealkylation sites (tertiary alicyclic amines) is 1. The lowest BCUT2D eigenvalue weighted by molar-refractivity contribution is 0.106. The minimum atomic E-state index is -3.70. The van der Waals surface area contributed by atoms with Crippen molar-refractivity contribution in [1.29, 1.82) is 0 Å². The van der Waals surface area contributed by atoms with E-state index in [0.29, 0.717) is 25.1 Å². The van der Waals surface area contributed by atoms with E-state index in [1.54, 1.807) is 12.1 Å². The molecule has 2 aliphatic rings. The summed E-state index contributed by atoms with van der Waals surface area (Å²) in [5.74, 6) is 0.417. The smallest absolute Gasteiger partial charge is 0.302 e. The van der Waals surface area contributed by atoms with Crippen molar-refractivity contribution in [2.75, 3.05) is 17.4 Å². The van der Waals surface area contributed by atoms with Crippen molar-refractivity contribution in [1.82, 2.24) is 9.62 Å². The van der Waals surface area contributed by atoms with Crippen LogP contribution in [0.4, 0.5) is 10.1 Å². The van der Waals surface area contributed by atoms with E-state index in [0.717, 1.165) is 18.8 Å². The average Bonchev–Trinajstić information content (AvgIpc) is 2.94. The van der Waals surface area contributed by atoms with Gasteiger partial charge in [0.2, 0.25) is 0 Å². The molecule has 2 aromatic rings. The summed E-state index contributed by atoms with van der Waals surface area (Å²) in [6.45, 7) is 8.00. The van der Waals surface area contributed by atoms with Gasteiger partial charge >= 0.3 is 10.2 Å². The van der Waals surface area contributed by atoms with Crippen molar-refractivity contribution in [3.63, 3.8) is 0 Å². The number of hydrogen-bond acceptors (Lipinski definition) is 4. The van der Waals surface area contributed by atoms with E-state index in [1.165, 1.54) is 22.0 Å². The van der Waals surface area contributed by atoms with Crippen LogP contribution < -0.4 is 13.8 Å². The summed E-state index contributed by atoms with van der Waals surface area (Å²) in [6, 6.07) is 14.1. The quantitative estimate of drug-likeness (QED) is 0.759. The lowest BCUT2D eigenvalue weighted by Crippen LogP contribution is -2.57. The van der Waals surface area contributed by atoms with Gasteiger partial charge in [0.1, 0.15) is 11.6 Å². The summed E-state index contributed by atoms with van der Waals surface area (Å²) in [4.78, 5) is 2.37. The molecule has 2 aromatic carbocycles. The van der Waals surface area contributed by atoms with Crippen LogP contribution in [0.15, 0.2) is 48.5 Å². The van der Waals surface area contributed by atoms with Crippen LogP contribution in [-0.2, 0) is 16.8 Å². The van der Waals surface area contributed by atoms with Crippen molar-refractivity contribution in [3.8, 4) is 5.75 Å². The topological polar surface area (TPSA) is 61.9 Å². The molecule has 2 atom stereocenters. The number of ether oxygens (including phenoxy) is 1. The zero-order chi connectivity index (χ0) is 22.2. The van der Waals surface area contributed by atoms with Gasteiger partial charge in [-0.05, 0) is 69.5 Å². The Hall–Kier alpha value is -2.16. The Morgan fingerprint density at radius 3 is 2.71 bits per heavy atom. The van der Waals surface area contributed by atoms with Gasteiger partial charge < -0.3 is 4.74 Å². The number of anilines is 1. The third kappa shape index (κ3) is 4.56. The number of hydrogen-bond donors (Lipinski definition) is 1. The predicted molar refractivity (Wildman–Crippen MR) is 120 cm³/mol. The molecule has 0 aliphatic carbocycles. The van der Waals surface area contributed by atoms with Crippen molar-refractivity contribution < 1.29 is 17.5 Å². The number of benzene rings is 2. The first-order valence-corrected chi connectivity index (χ1v) is 12.2. The maximum atomic E-state index is 13.9. The summed E-state index contributed by atoms with van der Waals surface area (Å²) in [5.41, 5.74) is 0.954. The minimum Gasteiger partial charge on any atom is -0.491 e. The average molecular weight is 448 g/mol. The SMILES string of the molecule is CC(C)Oc1cccc(CN2CCC3(CNS(=O)(=O)N3c3cccc(F)c3)CC2C)c1. The third-order valence-electron chi connectivity index (χ3n) is 6.12. The molecule has 168 valence electrons. The van der Waals surface area contributed by atoms with Crippen LogP contribution in [0.3, 0.4) is 0 Å². The fourth-order valence-electron chi connectivity index (χ4n) is 4.79. The Morgan fingerprint density at radius 1 is 1.23 bits per heavy atom. The molecule has 2 heterocycles. The normalized spacial score (nSPS) is 26.0. The Bertz CT molecular complexity index is 1050. The maximum Gasteiger partial charge on any atom is 0.302 e. The van der Waals surface area contributed by atoms with E-state index >= 15 is 0 Å². The summed E-state index contributed by atoms with van der Waals surface area (Å²) in [6.07, 6.45) is 1.45. The standard InChI is InChI=1S/C23H30FN3O3S/c1-17(2)30-22-9-4-6-19(12-22)15-26-11-10-23(14-18(26)3)16-25-31(28,29)27(23)21-8-5-7-20(24)13-21/h4-9,12-13,17-18,25H,10-11,14-16H2,1-3H3. The minimum absolute atomic E-state index is 0.120. The molecule has 2 unspecified atom stereocenters. The fraction of sp³-hybridized carbons (Fsp3) is 0.478. The van der Waals surface area contributed by atoms with E-state index in [4.69, 9.17) is 4.74 Å². The lowest BCUT2D eigenvalue weighted by Gasteiger charge is -2.47. The molecule has 2 saturated heterocycles. The Kier molecular flexibility index (Phi) is 5.98. The highest BCUT2D eigenvalue weighted by molar-refractivity contribution is 7.91. The van der Waals surface area contributed by atoms with Crippen LogP contribution in [-0.4, -0.2) is 44.1 Å². The molecule has 1 N–H and O–H groups in total. The molecule has 4 rings (SSSR count). The van der Waals surface area contributed by atoms with Gasteiger partial charge in [-0.25, -0.2) is 4.39 Å². The third-order valence-corrected chi connectivity index (χ3v) is 7.70. The fourth-order valence-corrected chi connectivity index (χ4v) is 6.50. The summed E-state index contributed by atoms with van der Waals surface area (Å²) in [5, 5.41) is 0. The van der Waals surface area contributed by atoms with E-state index in [-0.39, 0.29) is 12.1 Å². The van der Waals surface area contributed by atoms with Crippen LogP contribution >= 0.6 is 0 Å². The Balaban J connectivity index is 1.53. The van der Waals surface area contributed by atoms with E-state index < -0.39 is 21.6 Å². The van der Waals surface area contributed by atoms with Gasteiger partial charge in [-0.1, -0.05) is 18.2 Å². The van der Waals surface area contributed by atoms with Gasteiger partial charge in [0.25, 0.3) is 0 Å². The highest BCUT2D eigenvalue weighted by Crippen LogP contribution is 2.41. The molecule has 2 fully saturated rings. The van der Waals surface area contributed by atoms with Crippen molar-refractivity contribution in [2.45, 2.75) is 57.8 Å². The Labute approximate surface area is 184 Å². The number of halogens is 1. The van der Waals surface area contributed by atoms with Crippen molar-refractivity contribution >= 4 is 15.9 Å². The number of rotatable bonds is 5. The second kappa shape index (κ2) is 8.41. The molecular weight excluding hydrogens is 417 g/mol. The summed E-state index contributed by atoms with van der Waals surface area (Å²) < 4.78 is 49.4. The van der Waals surface area contributed by atoms with E-state index in [1.807, 2.05) is 26.0 Å². The monoisotopic (exact) mass is 447 g/mol. The molecule has 31 heavy (non-hydrogen) atoms. The largest absolute Gasteiger partial charge is 0.491 e. The van der Waals surface area contributed by atoms with Gasteiger partial charge in [0.15, 0.2) is 0 Å². The molecule has 0 saturated carbocycles. The molecule has 0 radical (unpaired) electrons. The zero-order valence-electron chi connectivity index (χ0n) is 18.2. The number of nitrogens with one attached hydrogen (secondary N) is 1. The number of nitrogens with zero attached hydrogens (tertiary/aromatic N) is 2. The van der Waals surface area contributed by atoms with Crippen LogP contribution in [0, 0.1) is 5.82 Å². The summed E-state index contributed by atoms with van der Waals surface area (Å²) >= 11 is 0. The molecule has 6 nitrogen and oxygen atoms in total. The highest BCUT2D eigenvalue weighted by atomic mass is 32.2. The molecule has 0 aromatic heterocycles. The van der Waals surface area contributed by atoms with Gasteiger partial charge in [-0.2, -0.15) is 13.1 Å². The molecular formula is C23H30FN3O3S. The molecule has 8 heteroatoms. The van der Waals surface area contributed by atoms with Crippen molar-refractivity contribution in [3.05, 3.63) is 59.9 Å². The van der Waals surface area contributed by atoms with Gasteiger partial charge in [0.05, 0.1) is 17.3 Å². The first-order chi connectivity index (χ1) is 14.7. The van der Waals surface area contributed by atoms with Gasteiger partial charge in [0, 0.05) is 25.7 Å². The highest BCUT2D eigenvalue weighted by Gasteiger charge is 2.52. The van der Waals surface area contributed by atoms with Gasteiger partial charge in [-0.3, -0.25) is 9.21 Å². The molecule has 2 aliphatic heterocycles. The maximum absolute atomic E-state index is 13.9. The predicted octanol–water partition coefficient (Wildman–Crippen LogP) is 3.69. The van der Waals surface area contributed by atoms with Crippen molar-refractivity contribution in [2.24, 2.45) is 0 Å². The molecule has 0 bridgehead atoms. The first kappa shape index (κ1) is 22.0. The summed E-state index contributed by atoms with van der Waals surface area (Å²) in [7, 11) is -3.70. The second-order valence-electron chi connectivity index (χ2n) is 8.88. The van der Waals surface area contributed by atoms with E-state index in [9.17, 15) is 12.8 Å². The van der Waals surface area contributed by atoms with Crippen LogP contribution in [0.5, 0.6) is 5.75 Å². The Morgan fingerprint density at radius 2 is 2.00 bits per heavy atom. The van der Waals surface area contributed by atoms with Gasteiger partial charge in [-0.15, -0.1) is 0 Å². The zero-order valence-corrected chi connectivity index (χ0v) is 19.0. The molecule has 0 amide bonds. The lowest BCUT2D eigenvalue weighted by atomic mass is 9.83. The second-order valence-corrected chi connectivity index (χ2v) is 10.5. The van der Waals surface area contributed by atoms with E-state index in [2.05, 4.69) is 28.7 Å². The van der Waals surface area contributed by atoms with Crippen LogP contribution in [0.2, 0.25) is 0 Å². The van der Waals surface area contributed by atoms with Crippen LogP contribution in [0.1, 0.15) is 39.2 Å². The van der Waals surface area contributed by atoms with Crippen LogP contribution in [0.25, 0.3) is 0 Å². The molecule has 1 spiro atoms. The number of piperidine rings is 1.